The first-order chi connectivity index (χ1) is 12.3. The zero-order chi connectivity index (χ0) is 18.9. The molecule has 0 spiro atoms. The van der Waals surface area contributed by atoms with Crippen LogP contribution in [0.15, 0.2) is 48.5 Å². The van der Waals surface area contributed by atoms with Gasteiger partial charge in [-0.05, 0) is 36.8 Å². The first kappa shape index (κ1) is 18.4. The van der Waals surface area contributed by atoms with Gasteiger partial charge in [0.05, 0.1) is 28.2 Å². The molecule has 0 saturated carbocycles. The molecule has 1 atom stereocenters. The van der Waals surface area contributed by atoms with Crippen molar-refractivity contribution in [1.82, 2.24) is 9.88 Å². The van der Waals surface area contributed by atoms with Crippen LogP contribution in [-0.4, -0.2) is 22.8 Å². The van der Waals surface area contributed by atoms with Crippen molar-refractivity contribution in [3.63, 3.8) is 0 Å². The average molecular weight is 378 g/mol. The molecule has 1 aromatic heterocycles. The van der Waals surface area contributed by atoms with E-state index in [0.717, 1.165) is 27.4 Å². The van der Waals surface area contributed by atoms with Crippen molar-refractivity contribution in [2.75, 3.05) is 7.05 Å². The van der Waals surface area contributed by atoms with Gasteiger partial charge >= 0.3 is 6.18 Å². The number of carbonyl (C=O) groups is 1. The van der Waals surface area contributed by atoms with Crippen LogP contribution in [0.3, 0.4) is 0 Å². The Morgan fingerprint density at radius 2 is 1.81 bits per heavy atom. The largest absolute Gasteiger partial charge is 0.416 e. The molecule has 0 aliphatic rings. The van der Waals surface area contributed by atoms with E-state index in [-0.39, 0.29) is 18.4 Å². The summed E-state index contributed by atoms with van der Waals surface area (Å²) in [6, 6.07) is 12.2. The maximum atomic E-state index is 12.6. The Bertz CT molecular complexity index is 885. The standard InChI is InChI=1S/C19H17F3N2OS/c1-12(18-23-15-5-3-4-6-16(15)26-18)24(2)17(25)11-13-7-9-14(10-8-13)19(20,21)22/h3-10,12H,11H2,1-2H3. The smallest absolute Gasteiger partial charge is 0.336 e. The zero-order valence-electron chi connectivity index (χ0n) is 14.2. The lowest BCUT2D eigenvalue weighted by Gasteiger charge is -2.23. The Morgan fingerprint density at radius 1 is 1.15 bits per heavy atom. The number of aromatic nitrogens is 1. The Kier molecular flexibility index (Phi) is 5.00. The van der Waals surface area contributed by atoms with Gasteiger partial charge in [-0.1, -0.05) is 24.3 Å². The fourth-order valence-corrected chi connectivity index (χ4v) is 3.62. The summed E-state index contributed by atoms with van der Waals surface area (Å²) >= 11 is 1.53. The van der Waals surface area contributed by atoms with E-state index in [2.05, 4.69) is 4.98 Å². The summed E-state index contributed by atoms with van der Waals surface area (Å²) in [5.41, 5.74) is 0.721. The number of likely N-dealkylation sites (N-methyl/N-ethyl adjacent to an activating group) is 1. The van der Waals surface area contributed by atoms with Crippen molar-refractivity contribution < 1.29 is 18.0 Å². The summed E-state index contributed by atoms with van der Waals surface area (Å²) in [4.78, 5) is 18.6. The SMILES string of the molecule is CC(c1nc2ccccc2s1)N(C)C(=O)Cc1ccc(C(F)(F)F)cc1. The fraction of sp³-hybridized carbons (Fsp3) is 0.263. The molecule has 2 aromatic carbocycles. The van der Waals surface area contributed by atoms with Crippen LogP contribution >= 0.6 is 11.3 Å². The first-order valence-corrected chi connectivity index (χ1v) is 8.84. The van der Waals surface area contributed by atoms with Gasteiger partial charge in [0.1, 0.15) is 5.01 Å². The number of halogens is 3. The number of benzene rings is 2. The van der Waals surface area contributed by atoms with E-state index in [1.807, 2.05) is 31.2 Å². The second-order valence-electron chi connectivity index (χ2n) is 6.07. The highest BCUT2D eigenvalue weighted by Gasteiger charge is 2.30. The predicted molar refractivity (Wildman–Crippen MR) is 96.0 cm³/mol. The highest BCUT2D eigenvalue weighted by molar-refractivity contribution is 7.18. The van der Waals surface area contributed by atoms with Crippen molar-refractivity contribution in [2.45, 2.75) is 25.6 Å². The van der Waals surface area contributed by atoms with Crippen LogP contribution in [-0.2, 0) is 17.4 Å². The maximum absolute atomic E-state index is 12.6. The molecule has 1 heterocycles. The normalized spacial score (nSPS) is 13.0. The molecular formula is C19H17F3N2OS. The minimum atomic E-state index is -4.37. The number of thiazole rings is 1. The van der Waals surface area contributed by atoms with Gasteiger partial charge in [-0.2, -0.15) is 13.2 Å². The molecule has 3 rings (SSSR count). The highest BCUT2D eigenvalue weighted by Crippen LogP contribution is 2.30. The van der Waals surface area contributed by atoms with Crippen LogP contribution in [0.25, 0.3) is 10.2 Å². The Hall–Kier alpha value is -2.41. The second kappa shape index (κ2) is 7.07. The summed E-state index contributed by atoms with van der Waals surface area (Å²) < 4.78 is 38.9. The van der Waals surface area contributed by atoms with Gasteiger partial charge in [-0.15, -0.1) is 11.3 Å². The first-order valence-electron chi connectivity index (χ1n) is 8.03. The summed E-state index contributed by atoms with van der Waals surface area (Å²) in [6.45, 7) is 1.89. The number of para-hydroxylation sites is 1. The minimum absolute atomic E-state index is 0.0455. The number of alkyl halides is 3. The van der Waals surface area contributed by atoms with E-state index in [1.165, 1.54) is 23.5 Å². The topological polar surface area (TPSA) is 33.2 Å². The molecule has 3 aromatic rings. The molecule has 7 heteroatoms. The van der Waals surface area contributed by atoms with Gasteiger partial charge < -0.3 is 4.90 Å². The minimum Gasteiger partial charge on any atom is -0.336 e. The molecule has 3 nitrogen and oxygen atoms in total. The molecule has 0 fully saturated rings. The predicted octanol–water partition coefficient (Wildman–Crippen LogP) is 5.08. The third-order valence-electron chi connectivity index (χ3n) is 4.28. The second-order valence-corrected chi connectivity index (χ2v) is 7.13. The van der Waals surface area contributed by atoms with Crippen LogP contribution in [0.5, 0.6) is 0 Å². The number of rotatable bonds is 4. The Morgan fingerprint density at radius 3 is 2.42 bits per heavy atom. The Balaban J connectivity index is 1.70. The molecule has 0 aliphatic carbocycles. The van der Waals surface area contributed by atoms with Gasteiger partial charge in [-0.25, -0.2) is 4.98 Å². The van der Waals surface area contributed by atoms with Crippen molar-refractivity contribution in [3.05, 3.63) is 64.7 Å². The molecule has 26 heavy (non-hydrogen) atoms. The van der Waals surface area contributed by atoms with Gasteiger partial charge in [0.15, 0.2) is 0 Å². The van der Waals surface area contributed by atoms with Gasteiger partial charge in [-0.3, -0.25) is 4.79 Å². The molecule has 0 aliphatic heterocycles. The molecule has 136 valence electrons. The van der Waals surface area contributed by atoms with Crippen molar-refractivity contribution in [1.29, 1.82) is 0 Å². The number of carbonyl (C=O) groups excluding carboxylic acids is 1. The van der Waals surface area contributed by atoms with Crippen LogP contribution < -0.4 is 0 Å². The van der Waals surface area contributed by atoms with Crippen molar-refractivity contribution in [3.8, 4) is 0 Å². The van der Waals surface area contributed by atoms with E-state index in [1.54, 1.807) is 11.9 Å². The lowest BCUT2D eigenvalue weighted by Crippen LogP contribution is -2.30. The van der Waals surface area contributed by atoms with Gasteiger partial charge in [0, 0.05) is 7.05 Å². The Labute approximate surface area is 153 Å². The number of hydrogen-bond donors (Lipinski definition) is 0. The molecule has 1 unspecified atom stereocenters. The van der Waals surface area contributed by atoms with E-state index in [9.17, 15) is 18.0 Å². The number of hydrogen-bond acceptors (Lipinski definition) is 3. The van der Waals surface area contributed by atoms with Crippen LogP contribution in [0.1, 0.15) is 29.1 Å². The van der Waals surface area contributed by atoms with Crippen molar-refractivity contribution in [2.24, 2.45) is 0 Å². The lowest BCUT2D eigenvalue weighted by atomic mass is 10.1. The highest BCUT2D eigenvalue weighted by atomic mass is 32.1. The number of fused-ring (bicyclic) bond motifs is 1. The number of nitrogens with zero attached hydrogens (tertiary/aromatic N) is 2. The molecule has 1 amide bonds. The molecule has 0 saturated heterocycles. The number of amides is 1. The maximum Gasteiger partial charge on any atom is 0.416 e. The summed E-state index contributed by atoms with van der Waals surface area (Å²) in [6.07, 6.45) is -4.33. The molecular weight excluding hydrogens is 361 g/mol. The summed E-state index contributed by atoms with van der Waals surface area (Å²) in [7, 11) is 1.68. The quantitative estimate of drug-likeness (QED) is 0.634. The monoisotopic (exact) mass is 378 g/mol. The van der Waals surface area contributed by atoms with Crippen molar-refractivity contribution >= 4 is 27.5 Å². The van der Waals surface area contributed by atoms with Gasteiger partial charge in [0.2, 0.25) is 5.91 Å². The summed E-state index contributed by atoms with van der Waals surface area (Å²) in [5.74, 6) is -0.170. The zero-order valence-corrected chi connectivity index (χ0v) is 15.1. The fourth-order valence-electron chi connectivity index (χ4n) is 2.56. The van der Waals surface area contributed by atoms with Crippen LogP contribution in [0, 0.1) is 0 Å². The molecule has 0 bridgehead atoms. The molecule has 0 N–H and O–H groups in total. The third kappa shape index (κ3) is 3.88. The lowest BCUT2D eigenvalue weighted by molar-refractivity contribution is -0.137. The van der Waals surface area contributed by atoms with Crippen LogP contribution in [0.2, 0.25) is 0 Å². The van der Waals surface area contributed by atoms with E-state index in [0.29, 0.717) is 5.56 Å². The van der Waals surface area contributed by atoms with E-state index < -0.39 is 11.7 Å². The van der Waals surface area contributed by atoms with E-state index >= 15 is 0 Å². The summed E-state index contributed by atoms with van der Waals surface area (Å²) in [5, 5.41) is 0.828. The van der Waals surface area contributed by atoms with Gasteiger partial charge in [0.25, 0.3) is 0 Å². The third-order valence-corrected chi connectivity index (χ3v) is 5.49. The van der Waals surface area contributed by atoms with E-state index in [4.69, 9.17) is 0 Å². The molecule has 0 radical (unpaired) electrons. The van der Waals surface area contributed by atoms with Crippen LogP contribution in [0.4, 0.5) is 13.2 Å². The average Bonchev–Trinajstić information content (AvgIpc) is 3.04.